The standard InChI is InChI=1S/C23H29N3O4/c1-16-10-11-19(30-16)18(26-12-6-7-13-26)14-24-23(28)22-21(17-8-4-3-5-9-17)25(2)20(27)15-29-22/h3-5,8-11,18,21-22H,6-7,12-15H2,1-2H3,(H,24,28)/t18-,21-,22-/m0/s1. The van der Waals surface area contributed by atoms with E-state index in [4.69, 9.17) is 9.15 Å². The number of aryl methyl sites for hydroxylation is 1. The van der Waals surface area contributed by atoms with Crippen LogP contribution in [0.3, 0.4) is 0 Å². The Morgan fingerprint density at radius 1 is 1.17 bits per heavy atom. The van der Waals surface area contributed by atoms with Crippen LogP contribution >= 0.6 is 0 Å². The minimum Gasteiger partial charge on any atom is -0.465 e. The number of hydrogen-bond acceptors (Lipinski definition) is 5. The summed E-state index contributed by atoms with van der Waals surface area (Å²) >= 11 is 0. The van der Waals surface area contributed by atoms with Crippen molar-refractivity contribution in [3.63, 3.8) is 0 Å². The summed E-state index contributed by atoms with van der Waals surface area (Å²) in [4.78, 5) is 29.4. The summed E-state index contributed by atoms with van der Waals surface area (Å²) in [6, 6.07) is 13.0. The van der Waals surface area contributed by atoms with E-state index in [9.17, 15) is 9.59 Å². The highest BCUT2D eigenvalue weighted by molar-refractivity contribution is 5.86. The Hall–Kier alpha value is -2.64. The molecule has 4 rings (SSSR count). The number of benzene rings is 1. The highest BCUT2D eigenvalue weighted by atomic mass is 16.5. The Morgan fingerprint density at radius 2 is 1.90 bits per heavy atom. The number of carbonyl (C=O) groups is 2. The van der Waals surface area contributed by atoms with E-state index in [1.807, 2.05) is 49.4 Å². The minimum atomic E-state index is -0.757. The monoisotopic (exact) mass is 411 g/mol. The molecule has 160 valence electrons. The van der Waals surface area contributed by atoms with Crippen LogP contribution in [0.2, 0.25) is 0 Å². The molecule has 1 aromatic heterocycles. The lowest BCUT2D eigenvalue weighted by Crippen LogP contribution is -2.53. The van der Waals surface area contributed by atoms with Gasteiger partial charge in [-0.05, 0) is 50.6 Å². The predicted molar refractivity (Wildman–Crippen MR) is 112 cm³/mol. The van der Waals surface area contributed by atoms with Crippen molar-refractivity contribution in [3.8, 4) is 0 Å². The summed E-state index contributed by atoms with van der Waals surface area (Å²) in [6.45, 7) is 4.25. The largest absolute Gasteiger partial charge is 0.465 e. The lowest BCUT2D eigenvalue weighted by Gasteiger charge is -2.38. The molecule has 0 bridgehead atoms. The number of furan rings is 1. The minimum absolute atomic E-state index is 0.0109. The van der Waals surface area contributed by atoms with Crippen LogP contribution in [0.1, 0.15) is 42.0 Å². The summed E-state index contributed by atoms with van der Waals surface area (Å²) in [6.07, 6.45) is 1.55. The van der Waals surface area contributed by atoms with Gasteiger partial charge in [-0.3, -0.25) is 14.5 Å². The first-order valence-electron chi connectivity index (χ1n) is 10.5. The molecule has 1 aromatic carbocycles. The fourth-order valence-electron chi connectivity index (χ4n) is 4.37. The van der Waals surface area contributed by atoms with Crippen molar-refractivity contribution in [2.45, 2.75) is 38.0 Å². The maximum absolute atomic E-state index is 13.2. The molecule has 2 aromatic rings. The first-order chi connectivity index (χ1) is 14.5. The number of morpholine rings is 1. The third kappa shape index (κ3) is 4.27. The van der Waals surface area contributed by atoms with Crippen LogP contribution in [0, 0.1) is 6.92 Å². The van der Waals surface area contributed by atoms with Gasteiger partial charge in [0.25, 0.3) is 5.91 Å². The van der Waals surface area contributed by atoms with Crippen molar-refractivity contribution in [3.05, 3.63) is 59.5 Å². The van der Waals surface area contributed by atoms with Gasteiger partial charge in [0.1, 0.15) is 18.1 Å². The quantitative estimate of drug-likeness (QED) is 0.790. The van der Waals surface area contributed by atoms with Gasteiger partial charge in [0, 0.05) is 13.6 Å². The number of likely N-dealkylation sites (N-methyl/N-ethyl adjacent to an activating group) is 1. The van der Waals surface area contributed by atoms with Crippen molar-refractivity contribution >= 4 is 11.8 Å². The molecule has 7 nitrogen and oxygen atoms in total. The second-order valence-corrected chi connectivity index (χ2v) is 8.04. The van der Waals surface area contributed by atoms with Gasteiger partial charge in [-0.1, -0.05) is 30.3 Å². The number of carbonyl (C=O) groups excluding carboxylic acids is 2. The SMILES string of the molecule is Cc1ccc([C@H](CNC(=O)[C@H]2OCC(=O)N(C)[C@H]2c2ccccc2)N2CCCC2)o1. The van der Waals surface area contributed by atoms with E-state index in [1.165, 1.54) is 0 Å². The Balaban J connectivity index is 1.50. The van der Waals surface area contributed by atoms with Crippen molar-refractivity contribution in [2.75, 3.05) is 33.3 Å². The Labute approximate surface area is 177 Å². The molecule has 2 amide bonds. The molecule has 0 unspecified atom stereocenters. The van der Waals surface area contributed by atoms with Gasteiger partial charge in [-0.2, -0.15) is 0 Å². The van der Waals surface area contributed by atoms with Crippen LogP contribution in [0.25, 0.3) is 0 Å². The normalized spacial score (nSPS) is 23.5. The second-order valence-electron chi connectivity index (χ2n) is 8.04. The Bertz CT molecular complexity index is 876. The first kappa shape index (κ1) is 20.6. The van der Waals surface area contributed by atoms with Crippen molar-refractivity contribution in [1.82, 2.24) is 15.1 Å². The van der Waals surface area contributed by atoms with E-state index in [2.05, 4.69) is 10.2 Å². The van der Waals surface area contributed by atoms with E-state index >= 15 is 0 Å². The zero-order valence-electron chi connectivity index (χ0n) is 17.5. The molecule has 2 aliphatic heterocycles. The molecule has 0 saturated carbocycles. The van der Waals surface area contributed by atoms with E-state index < -0.39 is 12.1 Å². The zero-order valence-corrected chi connectivity index (χ0v) is 17.5. The van der Waals surface area contributed by atoms with Crippen molar-refractivity contribution < 1.29 is 18.7 Å². The highest BCUT2D eigenvalue weighted by Gasteiger charge is 2.40. The number of rotatable bonds is 6. The number of ether oxygens (including phenoxy) is 1. The van der Waals surface area contributed by atoms with Crippen molar-refractivity contribution in [2.24, 2.45) is 0 Å². The van der Waals surface area contributed by atoms with E-state index in [-0.39, 0.29) is 24.5 Å². The molecule has 30 heavy (non-hydrogen) atoms. The highest BCUT2D eigenvalue weighted by Crippen LogP contribution is 2.30. The number of nitrogens with zero attached hydrogens (tertiary/aromatic N) is 2. The molecular weight excluding hydrogens is 382 g/mol. The molecule has 0 aliphatic carbocycles. The number of hydrogen-bond donors (Lipinski definition) is 1. The number of amides is 2. The first-order valence-corrected chi connectivity index (χ1v) is 10.5. The van der Waals surface area contributed by atoms with Crippen molar-refractivity contribution in [1.29, 1.82) is 0 Å². The molecule has 2 fully saturated rings. The van der Waals surface area contributed by atoms with Gasteiger partial charge in [-0.15, -0.1) is 0 Å². The molecule has 2 aliphatic rings. The van der Waals surface area contributed by atoms with E-state index in [0.29, 0.717) is 6.54 Å². The zero-order chi connectivity index (χ0) is 21.1. The lowest BCUT2D eigenvalue weighted by molar-refractivity contribution is -0.162. The van der Waals surface area contributed by atoms with Gasteiger partial charge >= 0.3 is 0 Å². The molecule has 7 heteroatoms. The summed E-state index contributed by atoms with van der Waals surface area (Å²) in [7, 11) is 1.72. The fourth-order valence-corrected chi connectivity index (χ4v) is 4.37. The van der Waals surface area contributed by atoms with Gasteiger partial charge in [0.2, 0.25) is 5.91 Å². The smallest absolute Gasteiger partial charge is 0.251 e. The Kier molecular flexibility index (Phi) is 6.20. The van der Waals surface area contributed by atoms with Crippen LogP contribution in [0.4, 0.5) is 0 Å². The van der Waals surface area contributed by atoms with Crippen LogP contribution in [-0.4, -0.2) is 61.0 Å². The van der Waals surface area contributed by atoms with Crippen LogP contribution < -0.4 is 5.32 Å². The molecule has 0 radical (unpaired) electrons. The summed E-state index contributed by atoms with van der Waals surface area (Å²) in [5, 5.41) is 3.07. The lowest BCUT2D eigenvalue weighted by atomic mass is 9.97. The van der Waals surface area contributed by atoms with E-state index in [0.717, 1.165) is 43.0 Å². The molecule has 1 N–H and O–H groups in total. The van der Waals surface area contributed by atoms with E-state index in [1.54, 1.807) is 11.9 Å². The third-order valence-electron chi connectivity index (χ3n) is 6.02. The molecular formula is C23H29N3O4. The summed E-state index contributed by atoms with van der Waals surface area (Å²) in [5.74, 6) is 1.39. The summed E-state index contributed by atoms with van der Waals surface area (Å²) in [5.41, 5.74) is 0.881. The third-order valence-corrected chi connectivity index (χ3v) is 6.02. The molecule has 2 saturated heterocycles. The number of likely N-dealkylation sites (tertiary alicyclic amines) is 1. The maximum Gasteiger partial charge on any atom is 0.251 e. The average Bonchev–Trinajstić information content (AvgIpc) is 3.43. The van der Waals surface area contributed by atoms with Gasteiger partial charge in [0.15, 0.2) is 6.10 Å². The topological polar surface area (TPSA) is 75.0 Å². The number of nitrogens with one attached hydrogen (secondary N) is 1. The molecule has 3 atom stereocenters. The van der Waals surface area contributed by atoms with Crippen LogP contribution in [0.5, 0.6) is 0 Å². The predicted octanol–water partition coefficient (Wildman–Crippen LogP) is 2.44. The molecule has 0 spiro atoms. The molecule has 3 heterocycles. The Morgan fingerprint density at radius 3 is 2.57 bits per heavy atom. The fraction of sp³-hybridized carbons (Fsp3) is 0.478. The van der Waals surface area contributed by atoms with Crippen LogP contribution in [0.15, 0.2) is 46.9 Å². The maximum atomic E-state index is 13.2. The van der Waals surface area contributed by atoms with Gasteiger partial charge in [-0.25, -0.2) is 0 Å². The second kappa shape index (κ2) is 9.02. The van der Waals surface area contributed by atoms with Crippen LogP contribution in [-0.2, 0) is 14.3 Å². The average molecular weight is 412 g/mol. The van der Waals surface area contributed by atoms with Gasteiger partial charge < -0.3 is 19.4 Å². The summed E-state index contributed by atoms with van der Waals surface area (Å²) < 4.78 is 11.6. The van der Waals surface area contributed by atoms with Gasteiger partial charge in [0.05, 0.1) is 12.1 Å².